The largest absolute Gasteiger partial charge is 0.392 e. The second kappa shape index (κ2) is 12.7. The Balaban J connectivity index is 1.17. The summed E-state index contributed by atoms with van der Waals surface area (Å²) in [4.78, 5) is 18.7. The first-order valence-electron chi connectivity index (χ1n) is 18.3. The van der Waals surface area contributed by atoms with E-state index in [9.17, 15) is 9.90 Å². The number of fused-ring (bicyclic) bond motifs is 11. The minimum atomic E-state index is -0.532. The van der Waals surface area contributed by atoms with Crippen LogP contribution in [0.5, 0.6) is 0 Å². The third-order valence-electron chi connectivity index (χ3n) is 11.1. The number of aliphatic hydroxyl groups is 1. The monoisotopic (exact) mass is 713 g/mol. The summed E-state index contributed by atoms with van der Waals surface area (Å²) in [6.45, 7) is 1.69. The molecule has 0 unspecified atom stereocenters. The van der Waals surface area contributed by atoms with Gasteiger partial charge in [0.2, 0.25) is 0 Å². The Morgan fingerprint density at radius 3 is 1.80 bits per heavy atom. The van der Waals surface area contributed by atoms with Gasteiger partial charge in [0.25, 0.3) is 0 Å². The molecule has 0 amide bonds. The molecule has 54 heavy (non-hydrogen) atoms. The molecule has 0 fully saturated rings. The lowest BCUT2D eigenvalue weighted by Gasteiger charge is -2.32. The Morgan fingerprint density at radius 1 is 0.593 bits per heavy atom. The van der Waals surface area contributed by atoms with Crippen LogP contribution in [0.4, 0.5) is 17.1 Å². The molecule has 0 aliphatic heterocycles. The Labute approximate surface area is 318 Å². The Hall–Kier alpha value is -6.33. The first kappa shape index (κ1) is 32.3. The van der Waals surface area contributed by atoms with Crippen LogP contribution in [-0.4, -0.2) is 10.9 Å². The lowest BCUT2D eigenvalue weighted by atomic mass is 9.71. The van der Waals surface area contributed by atoms with E-state index < -0.39 is 5.41 Å². The van der Waals surface area contributed by atoms with Gasteiger partial charge < -0.3 is 10.0 Å². The van der Waals surface area contributed by atoms with Gasteiger partial charge in [-0.1, -0.05) is 115 Å². The number of hydrogen-bond acceptors (Lipinski definition) is 4. The molecule has 1 aromatic heterocycles. The fourth-order valence-electron chi connectivity index (χ4n) is 8.82. The van der Waals surface area contributed by atoms with Crippen molar-refractivity contribution in [3.8, 4) is 21.6 Å². The Morgan fingerprint density at radius 2 is 1.17 bits per heavy atom. The van der Waals surface area contributed by atoms with E-state index in [1.807, 2.05) is 49.4 Å². The number of Topliss-reactive ketones (excluding diaryl/α,β-unsaturated/α-hetero) is 1. The van der Waals surface area contributed by atoms with E-state index in [1.54, 1.807) is 11.3 Å². The summed E-state index contributed by atoms with van der Waals surface area (Å²) in [6, 6.07) is 59.9. The molecule has 0 radical (unpaired) electrons. The summed E-state index contributed by atoms with van der Waals surface area (Å²) in [7, 11) is 0. The minimum absolute atomic E-state index is 0.0726. The number of nitrogens with zero attached hydrogens (tertiary/aromatic N) is 1. The van der Waals surface area contributed by atoms with Crippen LogP contribution < -0.4 is 4.90 Å². The van der Waals surface area contributed by atoms with Gasteiger partial charge in [-0.3, -0.25) is 4.79 Å². The highest BCUT2D eigenvalue weighted by Crippen LogP contribution is 2.65. The van der Waals surface area contributed by atoms with Gasteiger partial charge in [0.15, 0.2) is 5.78 Å². The van der Waals surface area contributed by atoms with E-state index in [0.29, 0.717) is 16.7 Å². The first-order valence-corrected chi connectivity index (χ1v) is 19.1. The quantitative estimate of drug-likeness (QED) is 0.132. The fourth-order valence-corrected chi connectivity index (χ4v) is 10.1. The van der Waals surface area contributed by atoms with Crippen molar-refractivity contribution in [2.45, 2.75) is 18.9 Å². The maximum Gasteiger partial charge on any atom is 0.189 e. The number of anilines is 3. The van der Waals surface area contributed by atoms with Crippen LogP contribution in [0.2, 0.25) is 0 Å². The Bertz CT molecular complexity index is 2710. The number of para-hydroxylation sites is 2. The van der Waals surface area contributed by atoms with Gasteiger partial charge in [-0.2, -0.15) is 0 Å². The lowest BCUT2D eigenvalue weighted by molar-refractivity contribution is 0.103. The van der Waals surface area contributed by atoms with Gasteiger partial charge in [0.1, 0.15) is 0 Å². The molecule has 2 aliphatic carbocycles. The molecular formula is C50H35NO2S. The van der Waals surface area contributed by atoms with Crippen molar-refractivity contribution in [3.05, 3.63) is 214 Å². The SMILES string of the molecule is C/C(=C/c1cc2c(s1)-c1ccc(N(c3ccccc3)c3ccccc3)cc1C21c2ccccc2-c2ccccc21)C(=O)c1cc2ccccc2cc1CO. The van der Waals surface area contributed by atoms with Crippen molar-refractivity contribution >= 4 is 51.0 Å². The molecule has 258 valence electrons. The maximum atomic E-state index is 14.1. The number of benzene rings is 7. The molecular weight excluding hydrogens is 679 g/mol. The third kappa shape index (κ3) is 4.81. The molecule has 0 atom stereocenters. The number of thiophene rings is 1. The molecule has 0 saturated heterocycles. The van der Waals surface area contributed by atoms with E-state index in [-0.39, 0.29) is 12.4 Å². The van der Waals surface area contributed by atoms with Gasteiger partial charge in [-0.05, 0) is 128 Å². The van der Waals surface area contributed by atoms with Crippen molar-refractivity contribution < 1.29 is 9.90 Å². The summed E-state index contributed by atoms with van der Waals surface area (Å²) in [5.41, 5.74) is 13.4. The van der Waals surface area contributed by atoms with Crippen LogP contribution in [0.15, 0.2) is 175 Å². The van der Waals surface area contributed by atoms with Crippen LogP contribution in [0.25, 0.3) is 38.4 Å². The van der Waals surface area contributed by atoms with E-state index in [0.717, 1.165) is 32.7 Å². The number of carbonyl (C=O) groups excluding carboxylic acids is 1. The zero-order chi connectivity index (χ0) is 36.4. The van der Waals surface area contributed by atoms with Gasteiger partial charge >= 0.3 is 0 Å². The molecule has 0 saturated carbocycles. The normalized spacial score (nSPS) is 13.4. The molecule has 1 N–H and O–H groups in total. The number of hydrogen-bond donors (Lipinski definition) is 1. The van der Waals surface area contributed by atoms with Crippen molar-refractivity contribution in [1.82, 2.24) is 0 Å². The minimum Gasteiger partial charge on any atom is -0.392 e. The molecule has 2 aliphatic rings. The summed E-state index contributed by atoms with van der Waals surface area (Å²) in [5, 5.41) is 12.2. The first-order chi connectivity index (χ1) is 26.6. The predicted octanol–water partition coefficient (Wildman–Crippen LogP) is 12.5. The highest BCUT2D eigenvalue weighted by atomic mass is 32.1. The summed E-state index contributed by atoms with van der Waals surface area (Å²) in [6.07, 6.45) is 2.03. The standard InChI is InChI=1S/C50H35NO2S/c1-32(48(53)43-28-34-15-9-8-14-33(34)27-35(43)31-52)26-39-30-47-49(54-39)42-25-24-38(51(36-16-4-2-5-17-36)37-18-6-3-7-19-37)29-46(42)50(47)44-22-12-10-20-40(44)41-21-11-13-23-45(41)50/h2-30,52H,31H2,1H3/b32-26-. The van der Waals surface area contributed by atoms with Crippen molar-refractivity contribution in [2.75, 3.05) is 4.90 Å². The molecule has 0 bridgehead atoms. The number of aliphatic hydroxyl groups excluding tert-OH is 1. The van der Waals surface area contributed by atoms with Crippen molar-refractivity contribution in [2.24, 2.45) is 0 Å². The fraction of sp³-hybridized carbons (Fsp3) is 0.0600. The van der Waals surface area contributed by atoms with Gasteiger partial charge in [-0.15, -0.1) is 11.3 Å². The third-order valence-corrected chi connectivity index (χ3v) is 12.3. The molecule has 3 nitrogen and oxygen atoms in total. The second-order valence-electron chi connectivity index (χ2n) is 14.1. The number of rotatable bonds is 7. The van der Waals surface area contributed by atoms with Crippen LogP contribution in [0.3, 0.4) is 0 Å². The number of carbonyl (C=O) groups is 1. The zero-order valence-electron chi connectivity index (χ0n) is 29.7. The second-order valence-corrected chi connectivity index (χ2v) is 15.2. The van der Waals surface area contributed by atoms with Crippen molar-refractivity contribution in [1.29, 1.82) is 0 Å². The summed E-state index contributed by atoms with van der Waals surface area (Å²) in [5.74, 6) is -0.0726. The number of ketones is 1. The molecule has 1 heterocycles. The molecule has 1 spiro atoms. The van der Waals surface area contributed by atoms with Gasteiger partial charge in [0.05, 0.1) is 12.0 Å². The predicted molar refractivity (Wildman–Crippen MR) is 223 cm³/mol. The number of allylic oxidation sites excluding steroid dienone is 1. The smallest absolute Gasteiger partial charge is 0.189 e. The molecule has 10 rings (SSSR count). The van der Waals surface area contributed by atoms with Crippen LogP contribution in [-0.2, 0) is 12.0 Å². The van der Waals surface area contributed by atoms with E-state index in [2.05, 4.69) is 138 Å². The van der Waals surface area contributed by atoms with E-state index in [4.69, 9.17) is 0 Å². The lowest BCUT2D eigenvalue weighted by Crippen LogP contribution is -2.26. The van der Waals surface area contributed by atoms with E-state index in [1.165, 1.54) is 43.8 Å². The van der Waals surface area contributed by atoms with Gasteiger partial charge in [0, 0.05) is 32.4 Å². The van der Waals surface area contributed by atoms with E-state index >= 15 is 0 Å². The average molecular weight is 714 g/mol. The van der Waals surface area contributed by atoms with Crippen LogP contribution >= 0.6 is 11.3 Å². The average Bonchev–Trinajstić information content (AvgIpc) is 3.86. The van der Waals surface area contributed by atoms with Crippen LogP contribution in [0, 0.1) is 0 Å². The Kier molecular flexibility index (Phi) is 7.58. The maximum absolute atomic E-state index is 14.1. The zero-order valence-corrected chi connectivity index (χ0v) is 30.5. The highest BCUT2D eigenvalue weighted by Gasteiger charge is 2.52. The summed E-state index contributed by atoms with van der Waals surface area (Å²) >= 11 is 1.74. The summed E-state index contributed by atoms with van der Waals surface area (Å²) < 4.78 is 0. The van der Waals surface area contributed by atoms with Crippen molar-refractivity contribution in [3.63, 3.8) is 0 Å². The van der Waals surface area contributed by atoms with Gasteiger partial charge in [-0.25, -0.2) is 0 Å². The topological polar surface area (TPSA) is 40.5 Å². The molecule has 7 aromatic carbocycles. The molecule has 4 heteroatoms. The van der Waals surface area contributed by atoms with Crippen LogP contribution in [0.1, 0.15) is 50.0 Å². The molecule has 8 aromatic rings. The highest BCUT2D eigenvalue weighted by molar-refractivity contribution is 7.16.